The minimum absolute atomic E-state index is 0.0370. The molecule has 7 nitrogen and oxygen atoms in total. The number of aryl methyl sites for hydroxylation is 1. The van der Waals surface area contributed by atoms with Gasteiger partial charge in [-0.05, 0) is 61.8 Å². The van der Waals surface area contributed by atoms with E-state index in [1.165, 1.54) is 11.8 Å². The van der Waals surface area contributed by atoms with Crippen LogP contribution in [-0.2, 0) is 11.8 Å². The largest absolute Gasteiger partial charge is 0.350 e. The fourth-order valence-corrected chi connectivity index (χ4v) is 5.04. The van der Waals surface area contributed by atoms with Crippen LogP contribution in [-0.4, -0.2) is 51.7 Å². The lowest BCUT2D eigenvalue weighted by molar-refractivity contribution is -0.113. The van der Waals surface area contributed by atoms with Gasteiger partial charge in [-0.1, -0.05) is 41.6 Å². The summed E-state index contributed by atoms with van der Waals surface area (Å²) in [7, 11) is 1.89. The standard InChI is InChI=1S/C25H28ClN5O2S/c1-30-15-12-27-25(30)34-17-23(32)29-19-10-8-18(9-11-19)24(33)28-16-22(31-13-4-5-14-31)20-6-2-3-7-21(20)26/h2-3,6-12,15,22H,4-5,13-14,16-17H2,1H3,(H,28,33)(H,29,32). The van der Waals surface area contributed by atoms with Gasteiger partial charge in [0.15, 0.2) is 5.16 Å². The monoisotopic (exact) mass is 497 g/mol. The van der Waals surface area contributed by atoms with Gasteiger partial charge in [0.1, 0.15) is 0 Å². The van der Waals surface area contributed by atoms with Crippen LogP contribution in [0.15, 0.2) is 66.1 Å². The summed E-state index contributed by atoms with van der Waals surface area (Å²) in [6.45, 7) is 2.47. The summed E-state index contributed by atoms with van der Waals surface area (Å²) in [6.07, 6.45) is 5.85. The second kappa shape index (κ2) is 11.6. The Balaban J connectivity index is 1.32. The number of nitrogens with zero attached hydrogens (tertiary/aromatic N) is 3. The average molecular weight is 498 g/mol. The second-order valence-electron chi connectivity index (χ2n) is 8.23. The first-order valence-electron chi connectivity index (χ1n) is 11.3. The minimum Gasteiger partial charge on any atom is -0.350 e. The highest BCUT2D eigenvalue weighted by molar-refractivity contribution is 7.99. The Morgan fingerprint density at radius 2 is 1.85 bits per heavy atom. The third kappa shape index (κ3) is 6.20. The molecule has 0 saturated carbocycles. The molecule has 1 unspecified atom stereocenters. The lowest BCUT2D eigenvalue weighted by Crippen LogP contribution is -2.37. The van der Waals surface area contributed by atoms with Crippen LogP contribution in [0.25, 0.3) is 0 Å². The average Bonchev–Trinajstić information content (AvgIpc) is 3.51. The lowest BCUT2D eigenvalue weighted by atomic mass is 10.0. The van der Waals surface area contributed by atoms with Crippen molar-refractivity contribution in [1.29, 1.82) is 0 Å². The number of imidazole rings is 1. The van der Waals surface area contributed by atoms with E-state index in [2.05, 4.69) is 20.5 Å². The summed E-state index contributed by atoms with van der Waals surface area (Å²) in [6, 6.07) is 14.8. The fourth-order valence-electron chi connectivity index (χ4n) is 4.05. The highest BCUT2D eigenvalue weighted by atomic mass is 35.5. The number of aromatic nitrogens is 2. The number of likely N-dealkylation sites (tertiary alicyclic amines) is 1. The molecule has 2 aromatic carbocycles. The number of benzene rings is 2. The highest BCUT2D eigenvalue weighted by Crippen LogP contribution is 2.29. The van der Waals surface area contributed by atoms with E-state index in [9.17, 15) is 9.59 Å². The van der Waals surface area contributed by atoms with Gasteiger partial charge in [-0.2, -0.15) is 0 Å². The van der Waals surface area contributed by atoms with Crippen molar-refractivity contribution in [2.75, 3.05) is 30.7 Å². The third-order valence-electron chi connectivity index (χ3n) is 5.84. The predicted molar refractivity (Wildman–Crippen MR) is 136 cm³/mol. The van der Waals surface area contributed by atoms with Gasteiger partial charge in [0, 0.05) is 42.3 Å². The fraction of sp³-hybridized carbons (Fsp3) is 0.320. The van der Waals surface area contributed by atoms with Crippen molar-refractivity contribution in [3.05, 3.63) is 77.1 Å². The van der Waals surface area contributed by atoms with E-state index in [0.717, 1.165) is 41.7 Å². The maximum absolute atomic E-state index is 12.8. The SMILES string of the molecule is Cn1ccnc1SCC(=O)Nc1ccc(C(=O)NCC(c2ccccc2Cl)N2CCCC2)cc1. The van der Waals surface area contributed by atoms with Crippen LogP contribution in [0.5, 0.6) is 0 Å². The zero-order valence-corrected chi connectivity index (χ0v) is 20.6. The first-order valence-corrected chi connectivity index (χ1v) is 12.6. The Labute approximate surface area is 208 Å². The van der Waals surface area contributed by atoms with Gasteiger partial charge in [-0.15, -0.1) is 0 Å². The van der Waals surface area contributed by atoms with Gasteiger partial charge in [0.2, 0.25) is 5.91 Å². The molecule has 2 amide bonds. The van der Waals surface area contributed by atoms with Crippen molar-refractivity contribution in [3.8, 4) is 0 Å². The topological polar surface area (TPSA) is 79.3 Å². The van der Waals surface area contributed by atoms with Crippen LogP contribution in [0, 0.1) is 0 Å². The Bertz CT molecular complexity index is 1130. The number of rotatable bonds is 9. The number of thioether (sulfide) groups is 1. The van der Waals surface area contributed by atoms with Crippen molar-refractivity contribution >= 4 is 40.9 Å². The van der Waals surface area contributed by atoms with Crippen LogP contribution in [0.2, 0.25) is 5.02 Å². The molecule has 1 aromatic heterocycles. The number of carbonyl (C=O) groups is 2. The zero-order chi connectivity index (χ0) is 23.9. The molecule has 1 aliphatic rings. The molecular weight excluding hydrogens is 470 g/mol. The molecule has 0 radical (unpaired) electrons. The number of hydrogen-bond acceptors (Lipinski definition) is 5. The number of halogens is 1. The van der Waals surface area contributed by atoms with Crippen LogP contribution < -0.4 is 10.6 Å². The van der Waals surface area contributed by atoms with Gasteiger partial charge in [0.05, 0.1) is 11.8 Å². The van der Waals surface area contributed by atoms with Crippen LogP contribution >= 0.6 is 23.4 Å². The molecule has 9 heteroatoms. The smallest absolute Gasteiger partial charge is 0.251 e. The minimum atomic E-state index is -0.153. The molecule has 1 saturated heterocycles. The van der Waals surface area contributed by atoms with Crippen LogP contribution in [0.4, 0.5) is 5.69 Å². The van der Waals surface area contributed by atoms with E-state index in [1.54, 1.807) is 30.5 Å². The number of amides is 2. The highest BCUT2D eigenvalue weighted by Gasteiger charge is 2.25. The van der Waals surface area contributed by atoms with Gasteiger partial charge < -0.3 is 15.2 Å². The van der Waals surface area contributed by atoms with Gasteiger partial charge in [0.25, 0.3) is 5.91 Å². The quantitative estimate of drug-likeness (QED) is 0.429. The summed E-state index contributed by atoms with van der Waals surface area (Å²) in [5.41, 5.74) is 2.22. The Morgan fingerprint density at radius 3 is 2.53 bits per heavy atom. The molecule has 1 fully saturated rings. The van der Waals surface area contributed by atoms with Crippen LogP contribution in [0.3, 0.4) is 0 Å². The normalized spacial score (nSPS) is 14.6. The maximum Gasteiger partial charge on any atom is 0.251 e. The number of carbonyl (C=O) groups excluding carboxylic acids is 2. The van der Waals surface area contributed by atoms with E-state index in [-0.39, 0.29) is 23.6 Å². The molecule has 34 heavy (non-hydrogen) atoms. The van der Waals surface area contributed by atoms with E-state index < -0.39 is 0 Å². The Hall–Kier alpha value is -2.81. The Morgan fingerprint density at radius 1 is 1.12 bits per heavy atom. The summed E-state index contributed by atoms with van der Waals surface area (Å²) in [4.78, 5) is 31.6. The van der Waals surface area contributed by atoms with Gasteiger partial charge in [-0.25, -0.2) is 4.98 Å². The number of nitrogens with one attached hydrogen (secondary N) is 2. The Kier molecular flexibility index (Phi) is 8.26. The van der Waals surface area contributed by atoms with Crippen molar-refractivity contribution in [1.82, 2.24) is 19.8 Å². The molecule has 0 spiro atoms. The third-order valence-corrected chi connectivity index (χ3v) is 7.24. The van der Waals surface area contributed by atoms with Gasteiger partial charge >= 0.3 is 0 Å². The van der Waals surface area contributed by atoms with Crippen molar-refractivity contribution in [2.24, 2.45) is 7.05 Å². The van der Waals surface area contributed by atoms with E-state index in [1.807, 2.05) is 42.1 Å². The van der Waals surface area contributed by atoms with Crippen molar-refractivity contribution < 1.29 is 9.59 Å². The molecule has 2 N–H and O–H groups in total. The second-order valence-corrected chi connectivity index (χ2v) is 9.58. The molecule has 4 rings (SSSR count). The number of anilines is 1. The van der Waals surface area contributed by atoms with Crippen molar-refractivity contribution in [2.45, 2.75) is 24.0 Å². The van der Waals surface area contributed by atoms with Crippen LogP contribution in [0.1, 0.15) is 34.8 Å². The maximum atomic E-state index is 12.8. The number of hydrogen-bond donors (Lipinski definition) is 2. The first kappa shape index (κ1) is 24.3. The molecule has 1 atom stereocenters. The summed E-state index contributed by atoms with van der Waals surface area (Å²) in [5, 5.41) is 7.42. The summed E-state index contributed by atoms with van der Waals surface area (Å²) >= 11 is 7.84. The van der Waals surface area contributed by atoms with E-state index >= 15 is 0 Å². The van der Waals surface area contributed by atoms with Crippen molar-refractivity contribution in [3.63, 3.8) is 0 Å². The first-order chi connectivity index (χ1) is 16.5. The molecule has 3 aromatic rings. The lowest BCUT2D eigenvalue weighted by Gasteiger charge is -2.29. The van der Waals surface area contributed by atoms with Gasteiger partial charge in [-0.3, -0.25) is 14.5 Å². The molecule has 2 heterocycles. The molecular formula is C25H28ClN5O2S. The molecule has 0 aliphatic carbocycles. The van der Waals surface area contributed by atoms with E-state index in [0.29, 0.717) is 17.8 Å². The summed E-state index contributed by atoms with van der Waals surface area (Å²) < 4.78 is 1.87. The molecule has 178 valence electrons. The zero-order valence-electron chi connectivity index (χ0n) is 19.0. The molecule has 1 aliphatic heterocycles. The van der Waals surface area contributed by atoms with E-state index in [4.69, 9.17) is 11.6 Å². The predicted octanol–water partition coefficient (Wildman–Crippen LogP) is 4.37. The summed E-state index contributed by atoms with van der Waals surface area (Å²) in [5.74, 6) is -0.0228. The molecule has 0 bridgehead atoms.